The number of carbonyl (C=O) groups excluding carboxylic acids is 1. The van der Waals surface area contributed by atoms with Crippen molar-refractivity contribution < 1.29 is 9.53 Å². The summed E-state index contributed by atoms with van der Waals surface area (Å²) in [5.74, 6) is 1.41. The van der Waals surface area contributed by atoms with Gasteiger partial charge in [0.15, 0.2) is 0 Å². The Bertz CT molecular complexity index is 769. The van der Waals surface area contributed by atoms with Crippen molar-refractivity contribution in [3.8, 4) is 0 Å². The number of morpholine rings is 1. The maximum absolute atomic E-state index is 12.7. The molecule has 0 bridgehead atoms. The third-order valence-electron chi connectivity index (χ3n) is 4.41. The fourth-order valence-corrected chi connectivity index (χ4v) is 3.71. The Morgan fingerprint density at radius 3 is 2.96 bits per heavy atom. The van der Waals surface area contributed by atoms with Crippen LogP contribution in [0.4, 0.5) is 11.8 Å². The predicted molar refractivity (Wildman–Crippen MR) is 99.1 cm³/mol. The Kier molecular flexibility index (Phi) is 4.76. The van der Waals surface area contributed by atoms with Crippen LogP contribution in [-0.2, 0) is 16.0 Å². The molecule has 1 fully saturated rings. The summed E-state index contributed by atoms with van der Waals surface area (Å²) in [6, 6.07) is 3.98. The molecule has 4 heterocycles. The zero-order valence-electron chi connectivity index (χ0n) is 13.9. The molecule has 0 unspecified atom stereocenters. The van der Waals surface area contributed by atoms with Crippen molar-refractivity contribution in [3.05, 3.63) is 40.2 Å². The summed E-state index contributed by atoms with van der Waals surface area (Å²) in [5, 5.41) is 2.00. The van der Waals surface area contributed by atoms with Gasteiger partial charge in [0, 0.05) is 42.3 Å². The first-order chi connectivity index (χ1) is 12.3. The number of rotatable bonds is 3. The molecule has 0 aromatic carbocycles. The van der Waals surface area contributed by atoms with Crippen LogP contribution in [0.25, 0.3) is 6.08 Å². The van der Waals surface area contributed by atoms with E-state index in [1.165, 1.54) is 0 Å². The van der Waals surface area contributed by atoms with Crippen LogP contribution in [0.2, 0.25) is 0 Å². The van der Waals surface area contributed by atoms with Crippen LogP contribution in [0, 0.1) is 0 Å². The average molecular weight is 356 g/mol. The van der Waals surface area contributed by atoms with Crippen LogP contribution in [-0.4, -0.2) is 48.7 Å². The number of thiophene rings is 1. The molecule has 2 aliphatic rings. The zero-order chi connectivity index (χ0) is 17.1. The van der Waals surface area contributed by atoms with Gasteiger partial charge in [0.2, 0.25) is 5.95 Å². The lowest BCUT2D eigenvalue weighted by Crippen LogP contribution is -2.39. The van der Waals surface area contributed by atoms with Crippen LogP contribution >= 0.6 is 11.3 Å². The fraction of sp³-hybridized carbons (Fsp3) is 0.389. The van der Waals surface area contributed by atoms with Gasteiger partial charge in [-0.2, -0.15) is 4.98 Å². The lowest BCUT2D eigenvalue weighted by molar-refractivity contribution is -0.114. The van der Waals surface area contributed by atoms with Gasteiger partial charge in [0.05, 0.1) is 13.2 Å². The number of nitrogens with zero attached hydrogens (tertiary/aromatic N) is 4. The van der Waals surface area contributed by atoms with Crippen molar-refractivity contribution in [2.75, 3.05) is 42.6 Å². The summed E-state index contributed by atoms with van der Waals surface area (Å²) >= 11 is 1.62. The molecule has 4 rings (SSSR count). The molecule has 2 aromatic heterocycles. The molecule has 1 saturated heterocycles. The largest absolute Gasteiger partial charge is 0.378 e. The second kappa shape index (κ2) is 7.33. The Morgan fingerprint density at radius 2 is 2.16 bits per heavy atom. The van der Waals surface area contributed by atoms with Crippen LogP contribution < -0.4 is 9.80 Å². The fourth-order valence-electron chi connectivity index (χ4n) is 3.09. The number of amides is 1. The molecule has 0 saturated carbocycles. The van der Waals surface area contributed by atoms with Gasteiger partial charge < -0.3 is 9.64 Å². The van der Waals surface area contributed by atoms with E-state index in [9.17, 15) is 4.79 Å². The second-order valence-corrected chi connectivity index (χ2v) is 7.04. The highest BCUT2D eigenvalue weighted by atomic mass is 32.1. The topological polar surface area (TPSA) is 58.6 Å². The van der Waals surface area contributed by atoms with E-state index in [1.54, 1.807) is 22.3 Å². The Balaban J connectivity index is 1.58. The third kappa shape index (κ3) is 3.57. The highest BCUT2D eigenvalue weighted by molar-refractivity contribution is 7.10. The van der Waals surface area contributed by atoms with Crippen molar-refractivity contribution >= 4 is 35.1 Å². The summed E-state index contributed by atoms with van der Waals surface area (Å²) < 4.78 is 5.39. The SMILES string of the molecule is O=C(C=Cc1cccs1)N1CCCc2cnc(N3CCOCC3)nc21. The van der Waals surface area contributed by atoms with E-state index in [0.29, 0.717) is 25.7 Å². The summed E-state index contributed by atoms with van der Waals surface area (Å²) in [6.07, 6.45) is 7.22. The summed E-state index contributed by atoms with van der Waals surface area (Å²) in [5.41, 5.74) is 1.04. The molecule has 0 aliphatic carbocycles. The van der Waals surface area contributed by atoms with E-state index in [0.717, 1.165) is 42.2 Å². The van der Waals surface area contributed by atoms with Crippen LogP contribution in [0.15, 0.2) is 29.8 Å². The molecule has 0 spiro atoms. The lowest BCUT2D eigenvalue weighted by Gasteiger charge is -2.31. The van der Waals surface area contributed by atoms with Crippen molar-refractivity contribution in [2.45, 2.75) is 12.8 Å². The van der Waals surface area contributed by atoms with Gasteiger partial charge >= 0.3 is 0 Å². The van der Waals surface area contributed by atoms with E-state index in [-0.39, 0.29) is 5.91 Å². The van der Waals surface area contributed by atoms with Gasteiger partial charge in [0.1, 0.15) is 5.82 Å². The smallest absolute Gasteiger partial charge is 0.252 e. The summed E-state index contributed by atoms with van der Waals surface area (Å²) in [6.45, 7) is 3.63. The molecule has 2 aromatic rings. The number of aromatic nitrogens is 2. The number of carbonyl (C=O) groups is 1. The Hall–Kier alpha value is -2.25. The number of hydrogen-bond donors (Lipinski definition) is 0. The van der Waals surface area contributed by atoms with Gasteiger partial charge in [-0.05, 0) is 30.4 Å². The third-order valence-corrected chi connectivity index (χ3v) is 5.24. The first kappa shape index (κ1) is 16.2. The number of aryl methyl sites for hydroxylation is 1. The number of fused-ring (bicyclic) bond motifs is 1. The molecule has 2 aliphatic heterocycles. The highest BCUT2D eigenvalue weighted by Gasteiger charge is 2.25. The normalized spacial score (nSPS) is 17.8. The molecular formula is C18H20N4O2S. The van der Waals surface area contributed by atoms with Crippen LogP contribution in [0.3, 0.4) is 0 Å². The van der Waals surface area contributed by atoms with Crippen LogP contribution in [0.5, 0.6) is 0 Å². The first-order valence-electron chi connectivity index (χ1n) is 8.53. The molecule has 130 valence electrons. The first-order valence-corrected chi connectivity index (χ1v) is 9.41. The maximum atomic E-state index is 12.7. The minimum Gasteiger partial charge on any atom is -0.378 e. The summed E-state index contributed by atoms with van der Waals surface area (Å²) in [7, 11) is 0. The van der Waals surface area contributed by atoms with E-state index in [4.69, 9.17) is 9.72 Å². The molecule has 7 heteroatoms. The summed E-state index contributed by atoms with van der Waals surface area (Å²) in [4.78, 5) is 26.9. The molecule has 1 amide bonds. The monoisotopic (exact) mass is 356 g/mol. The van der Waals surface area contributed by atoms with E-state index in [2.05, 4.69) is 9.88 Å². The van der Waals surface area contributed by atoms with Gasteiger partial charge in [-0.3, -0.25) is 9.69 Å². The Morgan fingerprint density at radius 1 is 1.28 bits per heavy atom. The molecule has 25 heavy (non-hydrogen) atoms. The highest BCUT2D eigenvalue weighted by Crippen LogP contribution is 2.27. The number of hydrogen-bond acceptors (Lipinski definition) is 6. The maximum Gasteiger partial charge on any atom is 0.252 e. The molecule has 0 atom stereocenters. The van der Waals surface area contributed by atoms with Crippen molar-refractivity contribution in [2.24, 2.45) is 0 Å². The molecular weight excluding hydrogens is 336 g/mol. The van der Waals surface area contributed by atoms with Crippen LogP contribution in [0.1, 0.15) is 16.9 Å². The van der Waals surface area contributed by atoms with Gasteiger partial charge in [-0.25, -0.2) is 4.98 Å². The van der Waals surface area contributed by atoms with Crippen molar-refractivity contribution in [1.29, 1.82) is 0 Å². The van der Waals surface area contributed by atoms with Gasteiger partial charge in [-0.15, -0.1) is 11.3 Å². The van der Waals surface area contributed by atoms with E-state index >= 15 is 0 Å². The average Bonchev–Trinajstić information content (AvgIpc) is 3.19. The standard InChI is InChI=1S/C18H20N4O2S/c23-16(6-5-15-4-2-12-25-15)22-7-1-3-14-13-19-18(20-17(14)22)21-8-10-24-11-9-21/h2,4-6,12-13H,1,3,7-11H2. The number of anilines is 2. The number of ether oxygens (including phenoxy) is 1. The second-order valence-electron chi connectivity index (χ2n) is 6.06. The zero-order valence-corrected chi connectivity index (χ0v) is 14.7. The Labute approximate surface area is 150 Å². The van der Waals surface area contributed by atoms with Crippen molar-refractivity contribution in [3.63, 3.8) is 0 Å². The van der Waals surface area contributed by atoms with E-state index < -0.39 is 0 Å². The quantitative estimate of drug-likeness (QED) is 0.790. The van der Waals surface area contributed by atoms with Crippen molar-refractivity contribution in [1.82, 2.24) is 9.97 Å². The minimum atomic E-state index is -0.0269. The molecule has 0 N–H and O–H groups in total. The molecule has 0 radical (unpaired) electrons. The molecule has 6 nitrogen and oxygen atoms in total. The van der Waals surface area contributed by atoms with Gasteiger partial charge in [0.25, 0.3) is 5.91 Å². The van der Waals surface area contributed by atoms with E-state index in [1.807, 2.05) is 29.8 Å². The predicted octanol–water partition coefficient (Wildman–Crippen LogP) is 2.37. The lowest BCUT2D eigenvalue weighted by atomic mass is 10.1. The minimum absolute atomic E-state index is 0.0269. The van der Waals surface area contributed by atoms with Gasteiger partial charge in [-0.1, -0.05) is 6.07 Å².